The highest BCUT2D eigenvalue weighted by molar-refractivity contribution is 7.09. The summed E-state index contributed by atoms with van der Waals surface area (Å²) in [5.41, 5.74) is 1.38. The van der Waals surface area contributed by atoms with Gasteiger partial charge in [-0.05, 0) is 12.8 Å². The molecule has 1 heterocycles. The van der Waals surface area contributed by atoms with Crippen LogP contribution in [-0.4, -0.2) is 4.98 Å². The average molecular weight is 151 g/mol. The first-order valence-corrected chi connectivity index (χ1v) is 4.30. The molecule has 0 bridgehead atoms. The molecule has 0 aromatic carbocycles. The molecule has 0 saturated heterocycles. The van der Waals surface area contributed by atoms with Crippen LogP contribution in [0, 0.1) is 0 Å². The molecular formula is C8H9NS. The predicted octanol–water partition coefficient (Wildman–Crippen LogP) is 2.58. The van der Waals surface area contributed by atoms with E-state index in [1.54, 1.807) is 11.3 Å². The van der Waals surface area contributed by atoms with Crippen molar-refractivity contribution in [2.75, 3.05) is 0 Å². The molecule has 2 rings (SSSR count). The predicted molar refractivity (Wildman–Crippen MR) is 43.2 cm³/mol. The van der Waals surface area contributed by atoms with Crippen LogP contribution in [0.15, 0.2) is 23.7 Å². The van der Waals surface area contributed by atoms with Crippen molar-refractivity contribution in [1.29, 1.82) is 0 Å². The Hall–Kier alpha value is -0.630. The fraction of sp³-hybridized carbons (Fsp3) is 0.375. The number of hydrogen-bond acceptors (Lipinski definition) is 2. The molecule has 0 radical (unpaired) electrons. The zero-order valence-electron chi connectivity index (χ0n) is 5.71. The minimum atomic E-state index is 0.701. The third kappa shape index (κ3) is 0.886. The molecule has 2 heteroatoms. The summed E-state index contributed by atoms with van der Waals surface area (Å²) in [6, 6.07) is 0. The fourth-order valence-corrected chi connectivity index (χ4v) is 1.99. The first-order valence-electron chi connectivity index (χ1n) is 3.42. The third-order valence-corrected chi connectivity index (χ3v) is 2.81. The van der Waals surface area contributed by atoms with Crippen molar-refractivity contribution in [2.45, 2.75) is 18.8 Å². The number of aromatic nitrogens is 1. The molecular weight excluding hydrogens is 142 g/mol. The molecule has 10 heavy (non-hydrogen) atoms. The van der Waals surface area contributed by atoms with E-state index in [1.165, 1.54) is 10.6 Å². The minimum Gasteiger partial charge on any atom is -0.249 e. The normalized spacial score (nSPS) is 19.0. The number of hydrogen-bond donors (Lipinski definition) is 0. The van der Waals surface area contributed by atoms with Crippen molar-refractivity contribution in [1.82, 2.24) is 4.98 Å². The zero-order chi connectivity index (χ0) is 6.97. The molecule has 1 aliphatic carbocycles. The van der Waals surface area contributed by atoms with Gasteiger partial charge in [-0.1, -0.05) is 12.2 Å². The van der Waals surface area contributed by atoms with Crippen molar-refractivity contribution >= 4 is 11.3 Å². The molecule has 1 aromatic heterocycles. The Labute approximate surface area is 64.4 Å². The van der Waals surface area contributed by atoms with Gasteiger partial charge >= 0.3 is 0 Å². The van der Waals surface area contributed by atoms with E-state index >= 15 is 0 Å². The maximum absolute atomic E-state index is 4.25. The van der Waals surface area contributed by atoms with Gasteiger partial charge in [-0.3, -0.25) is 0 Å². The lowest BCUT2D eigenvalue weighted by atomic mass is 9.82. The summed E-state index contributed by atoms with van der Waals surface area (Å²) in [7, 11) is 0. The van der Waals surface area contributed by atoms with Gasteiger partial charge in [0.25, 0.3) is 0 Å². The largest absolute Gasteiger partial charge is 0.249 e. The lowest BCUT2D eigenvalue weighted by molar-refractivity contribution is 0.550. The van der Waals surface area contributed by atoms with E-state index in [9.17, 15) is 0 Å². The van der Waals surface area contributed by atoms with Gasteiger partial charge in [0, 0.05) is 17.5 Å². The van der Waals surface area contributed by atoms with Gasteiger partial charge in [0.1, 0.15) is 0 Å². The summed E-state index contributed by atoms with van der Waals surface area (Å²) in [5, 5.41) is 3.32. The summed E-state index contributed by atoms with van der Waals surface area (Å²) < 4.78 is 0. The summed E-state index contributed by atoms with van der Waals surface area (Å²) in [4.78, 5) is 4.25. The molecule has 0 aliphatic heterocycles. The van der Waals surface area contributed by atoms with Crippen LogP contribution in [0.1, 0.15) is 23.8 Å². The first-order chi connectivity index (χ1) is 4.86. The van der Waals surface area contributed by atoms with Crippen molar-refractivity contribution in [3.63, 3.8) is 0 Å². The molecule has 0 amide bonds. The van der Waals surface area contributed by atoms with Crippen LogP contribution in [-0.2, 0) is 0 Å². The van der Waals surface area contributed by atoms with E-state index in [-0.39, 0.29) is 0 Å². The summed E-state index contributed by atoms with van der Waals surface area (Å²) in [6.07, 6.45) is 4.20. The highest BCUT2D eigenvalue weighted by atomic mass is 32.1. The SMILES string of the molecule is C=C1CC(c2nccs2)C1. The van der Waals surface area contributed by atoms with Gasteiger partial charge in [-0.25, -0.2) is 4.98 Å². The summed E-state index contributed by atoms with van der Waals surface area (Å²) in [6.45, 7) is 3.90. The van der Waals surface area contributed by atoms with Crippen LogP contribution in [0.5, 0.6) is 0 Å². The molecule has 1 saturated carbocycles. The van der Waals surface area contributed by atoms with Crippen molar-refractivity contribution in [2.24, 2.45) is 0 Å². The molecule has 0 spiro atoms. The quantitative estimate of drug-likeness (QED) is 0.562. The highest BCUT2D eigenvalue weighted by Gasteiger charge is 2.24. The van der Waals surface area contributed by atoms with Crippen molar-refractivity contribution in [3.8, 4) is 0 Å². The average Bonchev–Trinajstić information content (AvgIpc) is 2.31. The van der Waals surface area contributed by atoms with E-state index in [0.29, 0.717) is 5.92 Å². The summed E-state index contributed by atoms with van der Waals surface area (Å²) >= 11 is 1.76. The Kier molecular flexibility index (Phi) is 1.34. The van der Waals surface area contributed by atoms with E-state index in [2.05, 4.69) is 11.6 Å². The molecule has 1 aromatic rings. The van der Waals surface area contributed by atoms with Crippen LogP contribution in [0.4, 0.5) is 0 Å². The second kappa shape index (κ2) is 2.20. The lowest BCUT2D eigenvalue weighted by Gasteiger charge is -2.25. The third-order valence-electron chi connectivity index (χ3n) is 1.87. The Balaban J connectivity index is 2.10. The van der Waals surface area contributed by atoms with Gasteiger partial charge in [0.05, 0.1) is 5.01 Å². The highest BCUT2D eigenvalue weighted by Crippen LogP contribution is 2.40. The second-order valence-corrected chi connectivity index (χ2v) is 3.65. The number of allylic oxidation sites excluding steroid dienone is 1. The van der Waals surface area contributed by atoms with E-state index in [4.69, 9.17) is 0 Å². The second-order valence-electron chi connectivity index (χ2n) is 2.73. The van der Waals surface area contributed by atoms with Crippen LogP contribution < -0.4 is 0 Å². The van der Waals surface area contributed by atoms with Crippen LogP contribution in [0.25, 0.3) is 0 Å². The Morgan fingerprint density at radius 1 is 1.60 bits per heavy atom. The first kappa shape index (κ1) is 6.10. The maximum Gasteiger partial charge on any atom is 0.0962 e. The fourth-order valence-electron chi connectivity index (χ4n) is 1.25. The van der Waals surface area contributed by atoms with E-state index in [0.717, 1.165) is 12.8 Å². The monoisotopic (exact) mass is 151 g/mol. The topological polar surface area (TPSA) is 12.9 Å². The number of thiazole rings is 1. The Morgan fingerprint density at radius 3 is 2.90 bits per heavy atom. The maximum atomic E-state index is 4.25. The Morgan fingerprint density at radius 2 is 2.40 bits per heavy atom. The lowest BCUT2D eigenvalue weighted by Crippen LogP contribution is -2.10. The molecule has 0 atom stereocenters. The molecule has 52 valence electrons. The van der Waals surface area contributed by atoms with E-state index < -0.39 is 0 Å². The standard InChI is InChI=1S/C8H9NS/c1-6-4-7(5-6)8-9-2-3-10-8/h2-3,7H,1,4-5H2. The minimum absolute atomic E-state index is 0.701. The molecule has 0 unspecified atom stereocenters. The van der Waals surface area contributed by atoms with Crippen LogP contribution in [0.2, 0.25) is 0 Å². The van der Waals surface area contributed by atoms with Gasteiger partial charge < -0.3 is 0 Å². The van der Waals surface area contributed by atoms with Crippen LogP contribution >= 0.6 is 11.3 Å². The number of rotatable bonds is 1. The van der Waals surface area contributed by atoms with Gasteiger partial charge in [-0.2, -0.15) is 0 Å². The molecule has 1 aliphatic rings. The van der Waals surface area contributed by atoms with Crippen molar-refractivity contribution < 1.29 is 0 Å². The molecule has 1 nitrogen and oxygen atoms in total. The van der Waals surface area contributed by atoms with Crippen LogP contribution in [0.3, 0.4) is 0 Å². The van der Waals surface area contributed by atoms with Gasteiger partial charge in [0.15, 0.2) is 0 Å². The zero-order valence-corrected chi connectivity index (χ0v) is 6.53. The molecule has 1 fully saturated rings. The van der Waals surface area contributed by atoms with Gasteiger partial charge in [-0.15, -0.1) is 11.3 Å². The molecule has 0 N–H and O–H groups in total. The van der Waals surface area contributed by atoms with Crippen molar-refractivity contribution in [3.05, 3.63) is 28.7 Å². The van der Waals surface area contributed by atoms with Gasteiger partial charge in [0.2, 0.25) is 0 Å². The summed E-state index contributed by atoms with van der Waals surface area (Å²) in [5.74, 6) is 0.701. The van der Waals surface area contributed by atoms with E-state index in [1.807, 2.05) is 11.6 Å². The number of nitrogens with zero attached hydrogens (tertiary/aromatic N) is 1. The Bertz CT molecular complexity index is 230. The smallest absolute Gasteiger partial charge is 0.0962 e.